The Morgan fingerprint density at radius 1 is 1.16 bits per heavy atom. The van der Waals surface area contributed by atoms with E-state index in [1.165, 1.54) is 0 Å². The molecule has 5 unspecified atom stereocenters. The largest absolute Gasteiger partial charge is 0.497 e. The average Bonchev–Trinajstić information content (AvgIpc) is 3.34. The van der Waals surface area contributed by atoms with Crippen molar-refractivity contribution in [1.29, 1.82) is 0 Å². The van der Waals surface area contributed by atoms with Crippen LogP contribution in [0.3, 0.4) is 0 Å². The number of hydrogen-bond acceptors (Lipinski definition) is 7. The molecule has 1 aromatic carbocycles. The van der Waals surface area contributed by atoms with Gasteiger partial charge in [-0.15, -0.1) is 0 Å². The van der Waals surface area contributed by atoms with Crippen LogP contribution in [0.25, 0.3) is 0 Å². The highest BCUT2D eigenvalue weighted by molar-refractivity contribution is 5.76. The maximum atomic E-state index is 12.3. The lowest BCUT2D eigenvalue weighted by molar-refractivity contribution is -0.124. The van der Waals surface area contributed by atoms with Crippen molar-refractivity contribution in [2.75, 3.05) is 40.0 Å². The fraction of sp³-hybridized carbons (Fsp3) is 0.636. The summed E-state index contributed by atoms with van der Waals surface area (Å²) in [5.74, 6) is 0.651. The second kappa shape index (κ2) is 10.5. The van der Waals surface area contributed by atoms with Crippen molar-refractivity contribution in [3.8, 4) is 5.75 Å². The van der Waals surface area contributed by atoms with E-state index >= 15 is 0 Å². The third-order valence-electron chi connectivity index (χ3n) is 6.09. The summed E-state index contributed by atoms with van der Waals surface area (Å²) in [6, 6.07) is 7.31. The molecule has 4 rings (SSSR count). The van der Waals surface area contributed by atoms with E-state index in [0.29, 0.717) is 39.3 Å². The summed E-state index contributed by atoms with van der Waals surface area (Å²) in [6.45, 7) is 2.80. The van der Waals surface area contributed by atoms with Gasteiger partial charge in [-0.2, -0.15) is 0 Å². The molecular formula is C22H31N3O7. The molecule has 0 aliphatic carbocycles. The number of morpholine rings is 1. The quantitative estimate of drug-likeness (QED) is 0.537. The number of hydrogen-bond donors (Lipinski definition) is 3. The Balaban J connectivity index is 1.17. The van der Waals surface area contributed by atoms with Crippen molar-refractivity contribution in [3.63, 3.8) is 0 Å². The summed E-state index contributed by atoms with van der Waals surface area (Å²) >= 11 is 0. The van der Waals surface area contributed by atoms with E-state index in [9.17, 15) is 14.7 Å². The fourth-order valence-electron chi connectivity index (χ4n) is 4.30. The van der Waals surface area contributed by atoms with E-state index in [0.717, 1.165) is 11.3 Å². The Morgan fingerprint density at radius 3 is 2.59 bits per heavy atom. The third kappa shape index (κ3) is 5.50. The van der Waals surface area contributed by atoms with E-state index < -0.39 is 18.3 Å². The number of carbonyl (C=O) groups is 2. The van der Waals surface area contributed by atoms with Crippen molar-refractivity contribution < 1.29 is 33.6 Å². The molecular weight excluding hydrogens is 418 g/mol. The molecule has 10 nitrogen and oxygen atoms in total. The number of aliphatic hydroxyl groups excluding tert-OH is 1. The first kappa shape index (κ1) is 22.8. The first-order valence-corrected chi connectivity index (χ1v) is 11.0. The molecule has 3 amide bonds. The number of amides is 3. The van der Waals surface area contributed by atoms with E-state index in [2.05, 4.69) is 10.6 Å². The van der Waals surface area contributed by atoms with Crippen molar-refractivity contribution >= 4 is 11.9 Å². The monoisotopic (exact) mass is 449 g/mol. The Bertz CT molecular complexity index is 784. The number of benzene rings is 1. The zero-order valence-electron chi connectivity index (χ0n) is 18.2. The molecule has 0 spiro atoms. The molecule has 3 saturated heterocycles. The third-order valence-corrected chi connectivity index (χ3v) is 6.09. The molecule has 3 aliphatic rings. The van der Waals surface area contributed by atoms with Gasteiger partial charge in [0.1, 0.15) is 24.1 Å². The molecule has 3 heterocycles. The minimum atomic E-state index is -0.850. The molecule has 0 saturated carbocycles. The van der Waals surface area contributed by atoms with Gasteiger partial charge in [-0.3, -0.25) is 4.79 Å². The molecule has 176 valence electrons. The number of aliphatic hydroxyl groups is 1. The summed E-state index contributed by atoms with van der Waals surface area (Å²) in [5, 5.41) is 16.3. The van der Waals surface area contributed by atoms with Crippen LogP contribution in [-0.2, 0) is 25.5 Å². The number of fused-ring (bicyclic) bond motifs is 1. The molecule has 3 aliphatic heterocycles. The maximum absolute atomic E-state index is 12.3. The molecule has 32 heavy (non-hydrogen) atoms. The van der Waals surface area contributed by atoms with Gasteiger partial charge in [-0.1, -0.05) is 12.1 Å². The molecule has 0 radical (unpaired) electrons. The van der Waals surface area contributed by atoms with Crippen LogP contribution < -0.4 is 15.4 Å². The number of methoxy groups -OCH3 is 1. The van der Waals surface area contributed by atoms with Crippen molar-refractivity contribution in [1.82, 2.24) is 15.5 Å². The predicted molar refractivity (Wildman–Crippen MR) is 113 cm³/mol. The van der Waals surface area contributed by atoms with Gasteiger partial charge < -0.3 is 39.6 Å². The second-order valence-electron chi connectivity index (χ2n) is 8.28. The number of urea groups is 1. The van der Waals surface area contributed by atoms with E-state index in [1.54, 1.807) is 12.0 Å². The predicted octanol–water partition coefficient (Wildman–Crippen LogP) is 0.0291. The van der Waals surface area contributed by atoms with Gasteiger partial charge in [-0.25, -0.2) is 4.79 Å². The van der Waals surface area contributed by atoms with Gasteiger partial charge in [0.15, 0.2) is 0 Å². The lowest BCUT2D eigenvalue weighted by Crippen LogP contribution is -2.49. The van der Waals surface area contributed by atoms with Gasteiger partial charge in [0.05, 0.1) is 39.0 Å². The van der Waals surface area contributed by atoms with Crippen LogP contribution in [0.4, 0.5) is 4.79 Å². The van der Waals surface area contributed by atoms with Crippen LogP contribution >= 0.6 is 0 Å². The first-order valence-electron chi connectivity index (χ1n) is 11.0. The number of nitrogens with zero attached hydrogens (tertiary/aromatic N) is 1. The van der Waals surface area contributed by atoms with Crippen LogP contribution in [0.1, 0.15) is 18.4 Å². The summed E-state index contributed by atoms with van der Waals surface area (Å²) in [4.78, 5) is 26.2. The van der Waals surface area contributed by atoms with Gasteiger partial charge in [0.2, 0.25) is 5.91 Å². The Labute approximate surface area is 187 Å². The van der Waals surface area contributed by atoms with Crippen LogP contribution in [-0.4, -0.2) is 92.4 Å². The highest BCUT2D eigenvalue weighted by Crippen LogP contribution is 2.35. The zero-order chi connectivity index (χ0) is 22.5. The van der Waals surface area contributed by atoms with Gasteiger partial charge in [0.25, 0.3) is 0 Å². The molecule has 10 heteroatoms. The molecule has 0 bridgehead atoms. The van der Waals surface area contributed by atoms with Crippen LogP contribution in [0, 0.1) is 0 Å². The summed E-state index contributed by atoms with van der Waals surface area (Å²) in [6.07, 6.45) is -1.71. The van der Waals surface area contributed by atoms with Gasteiger partial charge in [-0.05, 0) is 17.7 Å². The average molecular weight is 450 g/mol. The lowest BCUT2D eigenvalue weighted by Gasteiger charge is -2.28. The summed E-state index contributed by atoms with van der Waals surface area (Å²) < 4.78 is 22.2. The number of rotatable bonds is 7. The Kier molecular flexibility index (Phi) is 7.46. The molecule has 3 fully saturated rings. The molecule has 3 N–H and O–H groups in total. The SMILES string of the molecule is COc1ccc(CNC(=O)CC2CC3OC(CNC(=O)N4CCOCC4)C(O)C3O2)cc1. The van der Waals surface area contributed by atoms with Crippen LogP contribution in [0.5, 0.6) is 5.75 Å². The summed E-state index contributed by atoms with van der Waals surface area (Å²) in [5.41, 5.74) is 0.976. The zero-order valence-corrected chi connectivity index (χ0v) is 18.2. The van der Waals surface area contributed by atoms with Gasteiger partial charge in [0, 0.05) is 32.6 Å². The number of nitrogens with one attached hydrogen (secondary N) is 2. The highest BCUT2D eigenvalue weighted by Gasteiger charge is 2.50. The van der Waals surface area contributed by atoms with E-state index in [-0.39, 0.29) is 37.1 Å². The highest BCUT2D eigenvalue weighted by atomic mass is 16.6. The minimum Gasteiger partial charge on any atom is -0.497 e. The fourth-order valence-corrected chi connectivity index (χ4v) is 4.30. The van der Waals surface area contributed by atoms with Crippen molar-refractivity contribution in [2.45, 2.75) is 49.9 Å². The molecule has 5 atom stereocenters. The molecule has 1 aromatic rings. The van der Waals surface area contributed by atoms with Crippen molar-refractivity contribution in [3.05, 3.63) is 29.8 Å². The van der Waals surface area contributed by atoms with Crippen LogP contribution in [0.15, 0.2) is 24.3 Å². The summed E-state index contributed by atoms with van der Waals surface area (Å²) in [7, 11) is 1.61. The topological polar surface area (TPSA) is 119 Å². The normalized spacial score (nSPS) is 29.4. The number of carbonyl (C=O) groups excluding carboxylic acids is 2. The first-order chi connectivity index (χ1) is 15.5. The molecule has 0 aromatic heterocycles. The van der Waals surface area contributed by atoms with Gasteiger partial charge >= 0.3 is 6.03 Å². The smallest absolute Gasteiger partial charge is 0.317 e. The number of ether oxygens (including phenoxy) is 4. The second-order valence-corrected chi connectivity index (χ2v) is 8.28. The Hall–Kier alpha value is -2.40. The Morgan fingerprint density at radius 2 is 1.91 bits per heavy atom. The standard InChI is InChI=1S/C22H31N3O7/c1-29-15-4-2-14(3-5-15)12-23-19(26)11-16-10-17-21(31-16)20(27)18(32-17)13-24-22(28)25-6-8-30-9-7-25/h2-5,16-18,20-21,27H,6-13H2,1H3,(H,23,26)(H,24,28). The maximum Gasteiger partial charge on any atom is 0.317 e. The van der Waals surface area contributed by atoms with E-state index in [1.807, 2.05) is 24.3 Å². The lowest BCUT2D eigenvalue weighted by atomic mass is 10.1. The minimum absolute atomic E-state index is 0.116. The van der Waals surface area contributed by atoms with Crippen LogP contribution in [0.2, 0.25) is 0 Å². The van der Waals surface area contributed by atoms with Crippen molar-refractivity contribution in [2.24, 2.45) is 0 Å². The van der Waals surface area contributed by atoms with E-state index in [4.69, 9.17) is 18.9 Å².